The minimum absolute atomic E-state index is 0.459. The number of hydrogen-bond acceptors (Lipinski definition) is 5. The van der Waals surface area contributed by atoms with Crippen LogP contribution in [0.5, 0.6) is 0 Å². The summed E-state index contributed by atoms with van der Waals surface area (Å²) in [6.07, 6.45) is 7.60. The van der Waals surface area contributed by atoms with E-state index in [0.29, 0.717) is 12.5 Å². The van der Waals surface area contributed by atoms with E-state index in [4.69, 9.17) is 4.74 Å². The van der Waals surface area contributed by atoms with Crippen molar-refractivity contribution in [1.82, 2.24) is 19.4 Å². The fourth-order valence-corrected chi connectivity index (χ4v) is 3.35. The Kier molecular flexibility index (Phi) is 4.80. The van der Waals surface area contributed by atoms with Crippen molar-refractivity contribution in [1.29, 1.82) is 0 Å². The Morgan fingerprint density at radius 3 is 3.14 bits per heavy atom. The first kappa shape index (κ1) is 14.4. The van der Waals surface area contributed by atoms with Crippen LogP contribution in [-0.2, 0) is 24.4 Å². The Balaban J connectivity index is 1.69. The van der Waals surface area contributed by atoms with Gasteiger partial charge in [-0.3, -0.25) is 4.90 Å². The van der Waals surface area contributed by atoms with E-state index in [9.17, 15) is 0 Å². The first-order valence-electron chi connectivity index (χ1n) is 7.14. The van der Waals surface area contributed by atoms with Gasteiger partial charge >= 0.3 is 0 Å². The number of nitrogens with zero attached hydrogens (tertiary/aromatic N) is 4. The van der Waals surface area contributed by atoms with Gasteiger partial charge < -0.3 is 9.30 Å². The Morgan fingerprint density at radius 2 is 2.33 bits per heavy atom. The second kappa shape index (κ2) is 6.98. The van der Waals surface area contributed by atoms with E-state index >= 15 is 0 Å². The molecule has 3 rings (SSSR count). The molecule has 0 amide bonds. The number of ether oxygens (including phenoxy) is 1. The Labute approximate surface area is 128 Å². The summed E-state index contributed by atoms with van der Waals surface area (Å²) < 4.78 is 7.90. The molecule has 0 aliphatic carbocycles. The summed E-state index contributed by atoms with van der Waals surface area (Å²) in [6, 6.07) is 0. The van der Waals surface area contributed by atoms with Crippen LogP contribution in [-0.4, -0.2) is 39.2 Å². The van der Waals surface area contributed by atoms with Crippen LogP contribution in [0.4, 0.5) is 0 Å². The van der Waals surface area contributed by atoms with Gasteiger partial charge in [0.15, 0.2) is 0 Å². The van der Waals surface area contributed by atoms with Crippen LogP contribution in [0.25, 0.3) is 0 Å². The van der Waals surface area contributed by atoms with Crippen molar-refractivity contribution in [3.05, 3.63) is 47.5 Å². The van der Waals surface area contributed by atoms with E-state index in [2.05, 4.69) is 32.2 Å². The van der Waals surface area contributed by atoms with Crippen LogP contribution < -0.4 is 0 Å². The molecular formula is C15H20N4OS. The third kappa shape index (κ3) is 3.78. The summed E-state index contributed by atoms with van der Waals surface area (Å²) in [5.41, 5.74) is 0. The Morgan fingerprint density at radius 1 is 1.38 bits per heavy atom. The average Bonchev–Trinajstić information content (AvgIpc) is 3.09. The Bertz CT molecular complexity index is 566. The molecule has 0 spiro atoms. The van der Waals surface area contributed by atoms with E-state index in [1.54, 1.807) is 17.4 Å². The maximum Gasteiger partial charge on any atom is 0.122 e. The maximum atomic E-state index is 5.66. The van der Waals surface area contributed by atoms with Crippen molar-refractivity contribution in [2.24, 2.45) is 5.92 Å². The highest BCUT2D eigenvalue weighted by molar-refractivity contribution is 7.09. The van der Waals surface area contributed by atoms with Crippen molar-refractivity contribution in [3.63, 3.8) is 0 Å². The zero-order valence-corrected chi connectivity index (χ0v) is 12.8. The molecule has 1 aliphatic rings. The maximum absolute atomic E-state index is 5.66. The molecule has 0 fully saturated rings. The minimum Gasteiger partial charge on any atom is -0.377 e. The fourth-order valence-electron chi connectivity index (χ4n) is 2.69. The van der Waals surface area contributed by atoms with E-state index in [0.717, 1.165) is 43.6 Å². The Hall–Kier alpha value is -1.50. The molecule has 5 nitrogen and oxygen atoms in total. The van der Waals surface area contributed by atoms with Gasteiger partial charge in [0, 0.05) is 43.0 Å². The minimum atomic E-state index is 0.459. The molecule has 0 saturated heterocycles. The molecule has 21 heavy (non-hydrogen) atoms. The third-order valence-electron chi connectivity index (χ3n) is 3.57. The SMILES string of the molecule is C=CCOC[C@H]1CN(Cc2nccs2)Cc2nccn2C1. The molecule has 0 bridgehead atoms. The van der Waals surface area contributed by atoms with Crippen molar-refractivity contribution in [2.75, 3.05) is 19.8 Å². The molecule has 2 aromatic rings. The van der Waals surface area contributed by atoms with Gasteiger partial charge in [0.05, 0.1) is 26.3 Å². The summed E-state index contributed by atoms with van der Waals surface area (Å²) in [4.78, 5) is 11.3. The smallest absolute Gasteiger partial charge is 0.122 e. The number of fused-ring (bicyclic) bond motifs is 1. The third-order valence-corrected chi connectivity index (χ3v) is 4.33. The van der Waals surface area contributed by atoms with Gasteiger partial charge in [-0.2, -0.15) is 0 Å². The topological polar surface area (TPSA) is 43.2 Å². The number of thiazole rings is 1. The number of aromatic nitrogens is 3. The lowest BCUT2D eigenvalue weighted by molar-refractivity contribution is 0.0943. The summed E-state index contributed by atoms with van der Waals surface area (Å²) in [6.45, 7) is 8.76. The predicted molar refractivity (Wildman–Crippen MR) is 83.0 cm³/mol. The number of hydrogen-bond donors (Lipinski definition) is 0. The van der Waals surface area contributed by atoms with E-state index < -0.39 is 0 Å². The van der Waals surface area contributed by atoms with Crippen molar-refractivity contribution in [2.45, 2.75) is 19.6 Å². The van der Waals surface area contributed by atoms with Crippen LogP contribution in [0, 0.1) is 5.92 Å². The number of imidazole rings is 1. The van der Waals surface area contributed by atoms with Crippen LogP contribution in [0.3, 0.4) is 0 Å². The summed E-state index contributed by atoms with van der Waals surface area (Å²) in [5, 5.41) is 3.18. The van der Waals surface area contributed by atoms with E-state index in [1.165, 1.54) is 0 Å². The highest BCUT2D eigenvalue weighted by Crippen LogP contribution is 2.18. The van der Waals surface area contributed by atoms with Crippen LogP contribution >= 0.6 is 11.3 Å². The molecule has 0 saturated carbocycles. The van der Waals surface area contributed by atoms with Gasteiger partial charge in [-0.1, -0.05) is 6.08 Å². The van der Waals surface area contributed by atoms with Crippen molar-refractivity contribution >= 4 is 11.3 Å². The molecule has 0 N–H and O–H groups in total. The van der Waals surface area contributed by atoms with Gasteiger partial charge in [0.1, 0.15) is 10.8 Å². The lowest BCUT2D eigenvalue weighted by atomic mass is 10.1. The lowest BCUT2D eigenvalue weighted by Gasteiger charge is -2.22. The zero-order chi connectivity index (χ0) is 14.5. The molecule has 0 unspecified atom stereocenters. The average molecular weight is 304 g/mol. The molecule has 112 valence electrons. The van der Waals surface area contributed by atoms with Crippen LogP contribution in [0.1, 0.15) is 10.8 Å². The van der Waals surface area contributed by atoms with Gasteiger partial charge in [-0.15, -0.1) is 17.9 Å². The van der Waals surface area contributed by atoms with Gasteiger partial charge in [-0.05, 0) is 0 Å². The first-order chi connectivity index (χ1) is 10.3. The van der Waals surface area contributed by atoms with Crippen molar-refractivity contribution in [3.8, 4) is 0 Å². The monoisotopic (exact) mass is 304 g/mol. The first-order valence-corrected chi connectivity index (χ1v) is 8.02. The van der Waals surface area contributed by atoms with Gasteiger partial charge in [0.25, 0.3) is 0 Å². The van der Waals surface area contributed by atoms with Gasteiger partial charge in [-0.25, -0.2) is 9.97 Å². The molecule has 3 heterocycles. The van der Waals surface area contributed by atoms with E-state index in [-0.39, 0.29) is 0 Å². The normalized spacial score (nSPS) is 19.1. The summed E-state index contributed by atoms with van der Waals surface area (Å²) >= 11 is 1.70. The molecule has 1 aliphatic heterocycles. The highest BCUT2D eigenvalue weighted by Gasteiger charge is 2.23. The molecule has 6 heteroatoms. The molecule has 0 aromatic carbocycles. The quantitative estimate of drug-likeness (QED) is 0.606. The number of rotatable bonds is 6. The fraction of sp³-hybridized carbons (Fsp3) is 0.467. The molecule has 0 radical (unpaired) electrons. The molecule has 2 aromatic heterocycles. The van der Waals surface area contributed by atoms with Crippen LogP contribution in [0.15, 0.2) is 36.6 Å². The summed E-state index contributed by atoms with van der Waals surface area (Å²) in [7, 11) is 0. The second-order valence-electron chi connectivity index (χ2n) is 5.28. The van der Waals surface area contributed by atoms with Gasteiger partial charge in [0.2, 0.25) is 0 Å². The largest absolute Gasteiger partial charge is 0.377 e. The van der Waals surface area contributed by atoms with E-state index in [1.807, 2.05) is 17.8 Å². The summed E-state index contributed by atoms with van der Waals surface area (Å²) in [5.74, 6) is 1.58. The highest BCUT2D eigenvalue weighted by atomic mass is 32.1. The molecule has 1 atom stereocenters. The van der Waals surface area contributed by atoms with Crippen molar-refractivity contribution < 1.29 is 4.74 Å². The second-order valence-corrected chi connectivity index (χ2v) is 6.26. The standard InChI is InChI=1S/C15H20N4OS/c1-2-6-20-12-13-8-18(11-15-17-4-7-21-15)10-14-16-3-5-19(14)9-13/h2-5,7,13H,1,6,8-12H2/t13-/m0/s1. The van der Waals surface area contributed by atoms with Crippen LogP contribution in [0.2, 0.25) is 0 Å². The molecular weight excluding hydrogens is 284 g/mol. The predicted octanol–water partition coefficient (Wildman–Crippen LogP) is 2.17. The zero-order valence-electron chi connectivity index (χ0n) is 12.0. The lowest BCUT2D eigenvalue weighted by Crippen LogP contribution is -2.30.